The molecule has 0 aromatic carbocycles. The molecule has 0 radical (unpaired) electrons. The Balaban J connectivity index is 1.50. The Morgan fingerprint density at radius 3 is 2.85 bits per heavy atom. The number of hydrogen-bond donors (Lipinski definition) is 1. The van der Waals surface area contributed by atoms with Crippen molar-refractivity contribution in [2.45, 2.75) is 37.8 Å². The smallest absolute Gasteiger partial charge is 0.225 e. The van der Waals surface area contributed by atoms with Crippen molar-refractivity contribution in [2.75, 3.05) is 31.6 Å². The Kier molecular flexibility index (Phi) is 5.82. The van der Waals surface area contributed by atoms with Gasteiger partial charge in [-0.25, -0.2) is 9.97 Å². The van der Waals surface area contributed by atoms with Crippen LogP contribution in [-0.2, 0) is 11.3 Å². The molecule has 1 aliphatic heterocycles. The Bertz CT molecular complexity index is 693. The highest BCUT2D eigenvalue weighted by atomic mass is 16.3. The quantitative estimate of drug-likeness (QED) is 0.793. The van der Waals surface area contributed by atoms with Crippen molar-refractivity contribution in [1.29, 1.82) is 0 Å². The number of carbonyl (C=O) groups is 1. The van der Waals surface area contributed by atoms with Crippen LogP contribution in [0.3, 0.4) is 0 Å². The number of anilines is 1. The lowest BCUT2D eigenvalue weighted by molar-refractivity contribution is -0.133. The third-order valence-electron chi connectivity index (χ3n) is 4.68. The molecule has 0 bridgehead atoms. The molecule has 3 heterocycles. The van der Waals surface area contributed by atoms with E-state index in [0.29, 0.717) is 31.9 Å². The third kappa shape index (κ3) is 4.78. The lowest BCUT2D eigenvalue weighted by atomic mass is 9.92. The summed E-state index contributed by atoms with van der Waals surface area (Å²) in [6, 6.07) is 3.64. The highest BCUT2D eigenvalue weighted by Crippen LogP contribution is 2.24. The average molecular weight is 358 g/mol. The van der Waals surface area contributed by atoms with E-state index < -0.39 is 5.60 Å². The van der Waals surface area contributed by atoms with E-state index in [0.717, 1.165) is 25.9 Å². The van der Waals surface area contributed by atoms with E-state index in [2.05, 4.69) is 15.1 Å². The second-order valence-corrected chi connectivity index (χ2v) is 6.92. The molecule has 1 atom stereocenters. The van der Waals surface area contributed by atoms with Crippen LogP contribution in [0.25, 0.3) is 0 Å². The molecule has 1 saturated heterocycles. The minimum Gasteiger partial charge on any atom is -0.386 e. The highest BCUT2D eigenvalue weighted by Gasteiger charge is 2.36. The van der Waals surface area contributed by atoms with Gasteiger partial charge in [0.05, 0.1) is 18.7 Å². The summed E-state index contributed by atoms with van der Waals surface area (Å²) >= 11 is 0. The van der Waals surface area contributed by atoms with Crippen molar-refractivity contribution < 1.29 is 9.90 Å². The van der Waals surface area contributed by atoms with E-state index in [4.69, 9.17) is 0 Å². The van der Waals surface area contributed by atoms with Crippen LogP contribution in [0.4, 0.5) is 5.95 Å². The fourth-order valence-electron chi connectivity index (χ4n) is 3.41. The van der Waals surface area contributed by atoms with Crippen LogP contribution in [0, 0.1) is 0 Å². The number of carbonyl (C=O) groups excluding carboxylic acids is 1. The number of piperidine rings is 1. The Hall–Kier alpha value is -2.48. The van der Waals surface area contributed by atoms with Gasteiger partial charge in [-0.3, -0.25) is 9.48 Å². The zero-order chi connectivity index (χ0) is 18.4. The summed E-state index contributed by atoms with van der Waals surface area (Å²) in [6.07, 6.45) is 9.70. The fourth-order valence-corrected chi connectivity index (χ4v) is 3.41. The van der Waals surface area contributed by atoms with Gasteiger partial charge in [0.1, 0.15) is 0 Å². The van der Waals surface area contributed by atoms with Crippen LogP contribution in [-0.4, -0.2) is 67.9 Å². The predicted octanol–water partition coefficient (Wildman–Crippen LogP) is 0.943. The largest absolute Gasteiger partial charge is 0.386 e. The molecule has 1 amide bonds. The molecular weight excluding hydrogens is 332 g/mol. The molecule has 0 saturated carbocycles. The van der Waals surface area contributed by atoms with E-state index in [1.54, 1.807) is 36.6 Å². The van der Waals surface area contributed by atoms with Crippen LogP contribution in [0.5, 0.6) is 0 Å². The second-order valence-electron chi connectivity index (χ2n) is 6.92. The maximum atomic E-state index is 12.4. The zero-order valence-corrected chi connectivity index (χ0v) is 15.2. The van der Waals surface area contributed by atoms with Crippen molar-refractivity contribution in [2.24, 2.45) is 0 Å². The molecule has 26 heavy (non-hydrogen) atoms. The van der Waals surface area contributed by atoms with Gasteiger partial charge in [0, 0.05) is 51.3 Å². The van der Waals surface area contributed by atoms with Gasteiger partial charge in [-0.1, -0.05) is 0 Å². The topological polar surface area (TPSA) is 87.4 Å². The van der Waals surface area contributed by atoms with Crippen molar-refractivity contribution >= 4 is 11.9 Å². The van der Waals surface area contributed by atoms with Gasteiger partial charge < -0.3 is 14.9 Å². The molecular formula is C18H26N6O2. The van der Waals surface area contributed by atoms with Gasteiger partial charge >= 0.3 is 0 Å². The Morgan fingerprint density at radius 2 is 2.12 bits per heavy atom. The summed E-state index contributed by atoms with van der Waals surface area (Å²) in [4.78, 5) is 24.5. The molecule has 8 heteroatoms. The van der Waals surface area contributed by atoms with Crippen molar-refractivity contribution in [3.8, 4) is 0 Å². The fraction of sp³-hybridized carbons (Fsp3) is 0.556. The number of β-amino-alcohol motifs (C(OH)–C–C–N with tert-alkyl or cyclic N) is 1. The maximum Gasteiger partial charge on any atom is 0.225 e. The monoisotopic (exact) mass is 358 g/mol. The number of nitrogens with zero attached hydrogens (tertiary/aromatic N) is 6. The Morgan fingerprint density at radius 1 is 1.31 bits per heavy atom. The van der Waals surface area contributed by atoms with Crippen LogP contribution < -0.4 is 4.90 Å². The molecule has 0 unspecified atom stereocenters. The second kappa shape index (κ2) is 8.27. The lowest BCUT2D eigenvalue weighted by Crippen LogP contribution is -2.55. The number of rotatable bonds is 7. The highest BCUT2D eigenvalue weighted by molar-refractivity contribution is 5.75. The first-order valence-corrected chi connectivity index (χ1v) is 9.01. The van der Waals surface area contributed by atoms with E-state index in [1.165, 1.54) is 0 Å². The first-order valence-electron chi connectivity index (χ1n) is 9.01. The van der Waals surface area contributed by atoms with Crippen LogP contribution in [0.1, 0.15) is 25.7 Å². The first-order chi connectivity index (χ1) is 12.6. The summed E-state index contributed by atoms with van der Waals surface area (Å²) in [7, 11) is 1.76. The van der Waals surface area contributed by atoms with Crippen LogP contribution in [0.15, 0.2) is 36.9 Å². The summed E-state index contributed by atoms with van der Waals surface area (Å²) in [5, 5.41) is 15.1. The number of likely N-dealkylation sites (N-methyl/N-ethyl adjacent to an activating group) is 1. The average Bonchev–Trinajstić information content (AvgIpc) is 3.15. The van der Waals surface area contributed by atoms with E-state index in [-0.39, 0.29) is 5.91 Å². The van der Waals surface area contributed by atoms with E-state index in [1.807, 2.05) is 21.8 Å². The summed E-state index contributed by atoms with van der Waals surface area (Å²) in [6.45, 7) is 2.28. The lowest BCUT2D eigenvalue weighted by Gasteiger charge is -2.41. The summed E-state index contributed by atoms with van der Waals surface area (Å²) in [5.41, 5.74) is -0.941. The van der Waals surface area contributed by atoms with Crippen LogP contribution >= 0.6 is 0 Å². The molecule has 1 aliphatic rings. The normalized spacial score (nSPS) is 20.2. The minimum atomic E-state index is -0.941. The van der Waals surface area contributed by atoms with Gasteiger partial charge in [0.25, 0.3) is 0 Å². The van der Waals surface area contributed by atoms with Gasteiger partial charge in [-0.05, 0) is 31.4 Å². The van der Waals surface area contributed by atoms with E-state index >= 15 is 0 Å². The molecule has 0 aliphatic carbocycles. The minimum absolute atomic E-state index is 0.0404. The standard InChI is InChI=1S/C18H26N6O2/c1-22(16(25)6-2-12-24-13-5-10-21-24)14-18(26)7-3-11-23(15-18)17-19-8-4-9-20-17/h4-5,8-10,13,26H,2-3,6-7,11-12,14-15H2,1H3/t18-/m0/s1. The summed E-state index contributed by atoms with van der Waals surface area (Å²) in [5.74, 6) is 0.664. The van der Waals surface area contributed by atoms with E-state index in [9.17, 15) is 9.90 Å². The molecule has 2 aromatic rings. The van der Waals surface area contributed by atoms with Gasteiger partial charge in [0.2, 0.25) is 11.9 Å². The number of hydrogen-bond acceptors (Lipinski definition) is 6. The molecule has 1 N–H and O–H groups in total. The number of aromatic nitrogens is 4. The van der Waals surface area contributed by atoms with Gasteiger partial charge in [0.15, 0.2) is 0 Å². The molecule has 140 valence electrons. The van der Waals surface area contributed by atoms with Crippen molar-refractivity contribution in [3.05, 3.63) is 36.9 Å². The first kappa shape index (κ1) is 18.3. The molecule has 8 nitrogen and oxygen atoms in total. The predicted molar refractivity (Wildman–Crippen MR) is 97.5 cm³/mol. The number of aliphatic hydroxyl groups is 1. The Labute approximate surface area is 153 Å². The summed E-state index contributed by atoms with van der Waals surface area (Å²) < 4.78 is 1.82. The van der Waals surface area contributed by atoms with Crippen LogP contribution in [0.2, 0.25) is 0 Å². The number of amides is 1. The third-order valence-corrected chi connectivity index (χ3v) is 4.68. The maximum absolute atomic E-state index is 12.4. The molecule has 2 aromatic heterocycles. The molecule has 0 spiro atoms. The SMILES string of the molecule is CN(C[C@@]1(O)CCCN(c2ncccn2)C1)C(=O)CCCn1cccn1. The van der Waals surface area contributed by atoms with Crippen molar-refractivity contribution in [1.82, 2.24) is 24.6 Å². The van der Waals surface area contributed by atoms with Crippen molar-refractivity contribution in [3.63, 3.8) is 0 Å². The number of aryl methyl sites for hydroxylation is 1. The molecule has 3 rings (SSSR count). The van der Waals surface area contributed by atoms with Gasteiger partial charge in [-0.2, -0.15) is 5.10 Å². The molecule has 1 fully saturated rings. The zero-order valence-electron chi connectivity index (χ0n) is 15.2. The van der Waals surface area contributed by atoms with Gasteiger partial charge in [-0.15, -0.1) is 0 Å².